The minimum atomic E-state index is -1.20. The lowest BCUT2D eigenvalue weighted by Crippen LogP contribution is -2.33. The first-order chi connectivity index (χ1) is 14.6. The highest BCUT2D eigenvalue weighted by atomic mass is 32.2. The lowest BCUT2D eigenvalue weighted by atomic mass is 10.1. The standard InChI is InChI=1S/C19H25N5O4S2/c1-2-7-30-19-22-16(20-6-5-11-4-3-8-29-11)13-17(23-19)24(10-21-13)18-15(27)14(26)12(9-25)28-18/h3-4,8,10,12,14-15,18,25-27H,2,5-7,9H2,1H3,(H,20,22,23)/t12-,14-,15-,18-/m1/s1. The number of fused-ring (bicyclic) bond motifs is 1. The Morgan fingerprint density at radius 1 is 1.30 bits per heavy atom. The molecule has 0 bridgehead atoms. The number of thioether (sulfide) groups is 1. The third kappa shape index (κ3) is 4.32. The van der Waals surface area contributed by atoms with Gasteiger partial charge in [0.05, 0.1) is 12.9 Å². The van der Waals surface area contributed by atoms with Crippen molar-refractivity contribution in [3.8, 4) is 0 Å². The van der Waals surface area contributed by atoms with Crippen molar-refractivity contribution in [2.45, 2.75) is 49.5 Å². The second-order valence-corrected chi connectivity index (χ2v) is 9.11. The Kier molecular flexibility index (Phi) is 6.86. The fourth-order valence-electron chi connectivity index (χ4n) is 3.33. The van der Waals surface area contributed by atoms with Crippen LogP contribution in [0.1, 0.15) is 24.4 Å². The van der Waals surface area contributed by atoms with Gasteiger partial charge in [-0.05, 0) is 24.3 Å². The summed E-state index contributed by atoms with van der Waals surface area (Å²) in [6, 6.07) is 4.13. The van der Waals surface area contributed by atoms with Crippen LogP contribution in [0.5, 0.6) is 0 Å². The molecule has 1 fully saturated rings. The predicted octanol–water partition coefficient (Wildman–Crippen LogP) is 1.66. The monoisotopic (exact) mass is 451 g/mol. The van der Waals surface area contributed by atoms with E-state index in [-0.39, 0.29) is 6.61 Å². The van der Waals surface area contributed by atoms with E-state index in [2.05, 4.69) is 38.6 Å². The van der Waals surface area contributed by atoms with Crippen molar-refractivity contribution in [2.24, 2.45) is 0 Å². The highest BCUT2D eigenvalue weighted by molar-refractivity contribution is 7.99. The van der Waals surface area contributed by atoms with Crippen molar-refractivity contribution in [3.63, 3.8) is 0 Å². The van der Waals surface area contributed by atoms with E-state index in [4.69, 9.17) is 4.74 Å². The first kappa shape index (κ1) is 21.5. The topological polar surface area (TPSA) is 126 Å². The molecule has 4 heterocycles. The van der Waals surface area contributed by atoms with Crippen molar-refractivity contribution in [2.75, 3.05) is 24.2 Å². The molecule has 11 heteroatoms. The van der Waals surface area contributed by atoms with E-state index in [9.17, 15) is 15.3 Å². The second-order valence-electron chi connectivity index (χ2n) is 7.01. The Balaban J connectivity index is 1.64. The van der Waals surface area contributed by atoms with Crippen LogP contribution in [0.25, 0.3) is 11.2 Å². The van der Waals surface area contributed by atoms with E-state index < -0.39 is 24.5 Å². The van der Waals surface area contributed by atoms with Crippen LogP contribution >= 0.6 is 23.1 Å². The van der Waals surface area contributed by atoms with E-state index in [0.717, 1.165) is 18.6 Å². The van der Waals surface area contributed by atoms with Crippen LogP contribution in [-0.2, 0) is 11.2 Å². The highest BCUT2D eigenvalue weighted by Gasteiger charge is 2.44. The van der Waals surface area contributed by atoms with Crippen LogP contribution in [0.2, 0.25) is 0 Å². The Morgan fingerprint density at radius 3 is 2.87 bits per heavy atom. The molecule has 1 aliphatic heterocycles. The molecule has 9 nitrogen and oxygen atoms in total. The van der Waals surface area contributed by atoms with Gasteiger partial charge >= 0.3 is 0 Å². The zero-order valence-electron chi connectivity index (χ0n) is 16.5. The van der Waals surface area contributed by atoms with Gasteiger partial charge in [0.1, 0.15) is 18.3 Å². The maximum Gasteiger partial charge on any atom is 0.191 e. The predicted molar refractivity (Wildman–Crippen MR) is 116 cm³/mol. The maximum atomic E-state index is 10.4. The molecule has 30 heavy (non-hydrogen) atoms. The van der Waals surface area contributed by atoms with E-state index in [1.54, 1.807) is 27.7 Å². The molecule has 0 saturated carbocycles. The first-order valence-corrected chi connectivity index (χ1v) is 11.7. The highest BCUT2D eigenvalue weighted by Crippen LogP contribution is 2.33. The largest absolute Gasteiger partial charge is 0.394 e. The van der Waals surface area contributed by atoms with E-state index in [1.807, 2.05) is 6.07 Å². The summed E-state index contributed by atoms with van der Waals surface area (Å²) in [6.45, 7) is 2.41. The number of thiophene rings is 1. The SMILES string of the molecule is CCCSc1nc(NCCc2cccs2)c2ncn([C@@H]3O[C@H](CO)[C@@H](O)[C@H]3O)c2n1. The summed E-state index contributed by atoms with van der Waals surface area (Å²) in [5.41, 5.74) is 1.08. The van der Waals surface area contributed by atoms with E-state index >= 15 is 0 Å². The van der Waals surface area contributed by atoms with Crippen molar-refractivity contribution in [3.05, 3.63) is 28.7 Å². The second kappa shape index (κ2) is 9.58. The number of aromatic nitrogens is 4. The molecule has 162 valence electrons. The minimum Gasteiger partial charge on any atom is -0.394 e. The van der Waals surface area contributed by atoms with Gasteiger partial charge in [0.15, 0.2) is 28.4 Å². The van der Waals surface area contributed by atoms with E-state index in [1.165, 1.54) is 11.2 Å². The Hall–Kier alpha value is -1.76. The van der Waals surface area contributed by atoms with Crippen molar-refractivity contribution >= 4 is 40.1 Å². The molecular formula is C19H25N5O4S2. The maximum absolute atomic E-state index is 10.4. The molecule has 4 atom stereocenters. The molecule has 0 unspecified atom stereocenters. The molecule has 4 rings (SSSR count). The average molecular weight is 452 g/mol. The Bertz CT molecular complexity index is 967. The average Bonchev–Trinajstić information content (AvgIpc) is 3.47. The van der Waals surface area contributed by atoms with Gasteiger partial charge < -0.3 is 25.4 Å². The number of imidazole rings is 1. The molecular weight excluding hydrogens is 426 g/mol. The number of nitrogens with one attached hydrogen (secondary N) is 1. The third-order valence-corrected chi connectivity index (χ3v) is 6.86. The zero-order valence-corrected chi connectivity index (χ0v) is 18.1. The van der Waals surface area contributed by atoms with Crippen molar-refractivity contribution < 1.29 is 20.1 Å². The molecule has 0 aromatic carbocycles. The van der Waals surface area contributed by atoms with Gasteiger partial charge in [-0.25, -0.2) is 15.0 Å². The number of rotatable bonds is 9. The molecule has 1 saturated heterocycles. The third-order valence-electron chi connectivity index (χ3n) is 4.87. The summed E-state index contributed by atoms with van der Waals surface area (Å²) >= 11 is 3.26. The summed E-state index contributed by atoms with van der Waals surface area (Å²) < 4.78 is 7.26. The summed E-state index contributed by atoms with van der Waals surface area (Å²) in [4.78, 5) is 15.0. The number of aliphatic hydroxyl groups excluding tert-OH is 3. The van der Waals surface area contributed by atoms with Crippen LogP contribution in [0.4, 0.5) is 5.82 Å². The van der Waals surface area contributed by atoms with Gasteiger partial charge in [-0.3, -0.25) is 4.57 Å². The van der Waals surface area contributed by atoms with Crippen LogP contribution < -0.4 is 5.32 Å². The van der Waals surface area contributed by atoms with Gasteiger partial charge in [-0.15, -0.1) is 11.3 Å². The number of hydrogen-bond acceptors (Lipinski definition) is 10. The molecule has 1 aliphatic rings. The molecule has 4 N–H and O–H groups in total. The van der Waals surface area contributed by atoms with Gasteiger partial charge in [0.25, 0.3) is 0 Å². The van der Waals surface area contributed by atoms with Crippen molar-refractivity contribution in [1.82, 2.24) is 19.5 Å². The molecule has 3 aromatic rings. The summed E-state index contributed by atoms with van der Waals surface area (Å²) in [5.74, 6) is 1.50. The zero-order chi connectivity index (χ0) is 21.1. The first-order valence-electron chi connectivity index (χ1n) is 9.88. The van der Waals surface area contributed by atoms with Crippen LogP contribution in [-0.4, -0.2) is 72.1 Å². The number of aliphatic hydroxyl groups is 3. The number of ether oxygens (including phenoxy) is 1. The summed E-state index contributed by atoms with van der Waals surface area (Å²) in [6.07, 6.45) is -0.745. The smallest absolute Gasteiger partial charge is 0.191 e. The number of hydrogen-bond donors (Lipinski definition) is 4. The van der Waals surface area contributed by atoms with E-state index in [0.29, 0.717) is 28.7 Å². The van der Waals surface area contributed by atoms with Crippen LogP contribution in [0.3, 0.4) is 0 Å². The summed E-state index contributed by atoms with van der Waals surface area (Å²) in [5, 5.41) is 35.9. The normalized spacial score (nSPS) is 24.0. The van der Waals surface area contributed by atoms with Crippen LogP contribution in [0.15, 0.2) is 29.0 Å². The van der Waals surface area contributed by atoms with Gasteiger partial charge in [0, 0.05) is 17.2 Å². The molecule has 0 amide bonds. The molecule has 0 aliphatic carbocycles. The van der Waals surface area contributed by atoms with Gasteiger partial charge in [0.2, 0.25) is 0 Å². The fraction of sp³-hybridized carbons (Fsp3) is 0.526. The van der Waals surface area contributed by atoms with Gasteiger partial charge in [-0.2, -0.15) is 0 Å². The number of nitrogens with zero attached hydrogens (tertiary/aromatic N) is 4. The molecule has 0 radical (unpaired) electrons. The Labute approximate surface area is 182 Å². The van der Waals surface area contributed by atoms with Gasteiger partial charge in [-0.1, -0.05) is 24.8 Å². The lowest BCUT2D eigenvalue weighted by molar-refractivity contribution is -0.0511. The van der Waals surface area contributed by atoms with Crippen LogP contribution in [0, 0.1) is 0 Å². The van der Waals surface area contributed by atoms with Crippen molar-refractivity contribution in [1.29, 1.82) is 0 Å². The number of anilines is 1. The lowest BCUT2D eigenvalue weighted by Gasteiger charge is -2.17. The minimum absolute atomic E-state index is 0.385. The molecule has 3 aromatic heterocycles. The molecule has 0 spiro atoms. The summed E-state index contributed by atoms with van der Waals surface area (Å²) in [7, 11) is 0. The Morgan fingerprint density at radius 2 is 2.17 bits per heavy atom. The fourth-order valence-corrected chi connectivity index (χ4v) is 4.74. The quantitative estimate of drug-likeness (QED) is 0.284.